The predicted molar refractivity (Wildman–Crippen MR) is 254 cm³/mol. The van der Waals surface area contributed by atoms with Gasteiger partial charge in [-0.15, -0.1) is 0 Å². The molecule has 0 nitrogen and oxygen atoms in total. The second kappa shape index (κ2) is 28.0. The van der Waals surface area contributed by atoms with E-state index < -0.39 is 0 Å². The molecule has 0 bridgehead atoms. The maximum absolute atomic E-state index is 2.88. The maximum atomic E-state index is 2.88. The van der Waals surface area contributed by atoms with Crippen LogP contribution >= 0.6 is 0 Å². The summed E-state index contributed by atoms with van der Waals surface area (Å²) in [5.41, 5.74) is 3.77. The number of rotatable bonds is 35. The van der Waals surface area contributed by atoms with E-state index in [1.54, 1.807) is 11.1 Å². The quantitative estimate of drug-likeness (QED) is 0.0613. The first kappa shape index (κ1) is 50.6. The average Bonchev–Trinajstić information content (AvgIpc) is 3.22. The Morgan fingerprint density at radius 3 is 1.29 bits per heavy atom. The fourth-order valence-corrected chi connectivity index (χ4v) is 13.1. The Kier molecular flexibility index (Phi) is 25.3. The fourth-order valence-electron chi connectivity index (χ4n) is 13.1. The van der Waals surface area contributed by atoms with E-state index in [1.807, 2.05) is 0 Å². The topological polar surface area (TPSA) is 0 Å². The van der Waals surface area contributed by atoms with Crippen LogP contribution in [0.5, 0.6) is 0 Å². The molecule has 322 valence electrons. The molecule has 56 heavy (non-hydrogen) atoms. The molecule has 4 atom stereocenters. The summed E-state index contributed by atoms with van der Waals surface area (Å²) >= 11 is 0. The number of unbranched alkanes of at least 4 members (excludes halogenated alkanes) is 15. The number of benzene rings is 2. The van der Waals surface area contributed by atoms with Crippen LogP contribution in [-0.2, 0) is 5.41 Å². The van der Waals surface area contributed by atoms with Gasteiger partial charge < -0.3 is 0 Å². The lowest BCUT2D eigenvalue weighted by Crippen LogP contribution is -2.63. The van der Waals surface area contributed by atoms with Gasteiger partial charge >= 0.3 is 0 Å². The first-order valence-corrected chi connectivity index (χ1v) is 25.3. The molecular weight excluding hydrogens is 673 g/mol. The molecule has 0 N–H and O–H groups in total. The monoisotopic (exact) mass is 771 g/mol. The lowest BCUT2D eigenvalue weighted by atomic mass is 9.35. The van der Waals surface area contributed by atoms with E-state index in [0.717, 1.165) is 5.92 Å². The summed E-state index contributed by atoms with van der Waals surface area (Å²) < 4.78 is 0. The Hall–Kier alpha value is -1.56. The highest BCUT2D eigenvalue weighted by atomic mass is 14.7. The molecule has 0 heterocycles. The van der Waals surface area contributed by atoms with Gasteiger partial charge in [0.15, 0.2) is 0 Å². The highest BCUT2D eigenvalue weighted by Crippen LogP contribution is 2.72. The van der Waals surface area contributed by atoms with Crippen molar-refractivity contribution in [3.8, 4) is 0 Å². The summed E-state index contributed by atoms with van der Waals surface area (Å²) in [6.45, 7) is 25.7. The summed E-state index contributed by atoms with van der Waals surface area (Å²) in [6.07, 6.45) is 38.1. The van der Waals surface area contributed by atoms with Gasteiger partial charge in [-0.3, -0.25) is 0 Å². The van der Waals surface area contributed by atoms with Gasteiger partial charge in [-0.1, -0.05) is 271 Å². The zero-order chi connectivity index (χ0) is 41.2. The minimum atomic E-state index is 0.0118. The van der Waals surface area contributed by atoms with Crippen molar-refractivity contribution in [3.05, 3.63) is 71.8 Å². The van der Waals surface area contributed by atoms with Crippen LogP contribution < -0.4 is 0 Å². The first-order chi connectivity index (χ1) is 27.2. The zero-order valence-electron chi connectivity index (χ0n) is 39.7. The molecule has 0 heteroatoms. The summed E-state index contributed by atoms with van der Waals surface area (Å²) in [5.74, 6) is 1.24. The van der Waals surface area contributed by atoms with Crippen molar-refractivity contribution in [1.82, 2.24) is 0 Å². The van der Waals surface area contributed by atoms with Crippen LogP contribution in [0.1, 0.15) is 266 Å². The predicted octanol–water partition coefficient (Wildman–Crippen LogP) is 19.4. The van der Waals surface area contributed by atoms with Crippen LogP contribution in [-0.4, -0.2) is 0 Å². The zero-order valence-corrected chi connectivity index (χ0v) is 39.7. The van der Waals surface area contributed by atoms with E-state index in [9.17, 15) is 0 Å². The van der Waals surface area contributed by atoms with E-state index in [-0.39, 0.29) is 16.2 Å². The average molecular weight is 771 g/mol. The molecule has 4 unspecified atom stereocenters. The molecule has 0 radical (unpaired) electrons. The van der Waals surface area contributed by atoms with E-state index in [0.29, 0.717) is 11.3 Å². The third-order valence-corrected chi connectivity index (χ3v) is 15.9. The molecule has 0 aromatic heterocycles. The fraction of sp³-hybridized carbons (Fsp3) is 0.786. The van der Waals surface area contributed by atoms with Gasteiger partial charge in [0.1, 0.15) is 0 Å². The van der Waals surface area contributed by atoms with E-state index in [2.05, 4.69) is 130 Å². The summed E-state index contributed by atoms with van der Waals surface area (Å²) in [7, 11) is 0. The third kappa shape index (κ3) is 12.7. The van der Waals surface area contributed by atoms with Gasteiger partial charge in [0.25, 0.3) is 0 Å². The molecule has 0 saturated heterocycles. The van der Waals surface area contributed by atoms with Gasteiger partial charge in [-0.2, -0.15) is 0 Å². The van der Waals surface area contributed by atoms with Gasteiger partial charge in [-0.05, 0) is 77.7 Å². The van der Waals surface area contributed by atoms with Gasteiger partial charge in [-0.25, -0.2) is 0 Å². The molecule has 0 aliphatic carbocycles. The van der Waals surface area contributed by atoms with Crippen LogP contribution in [0.4, 0.5) is 0 Å². The van der Waals surface area contributed by atoms with Crippen LogP contribution in [0.15, 0.2) is 60.7 Å². The summed E-state index contributed by atoms with van der Waals surface area (Å²) in [6, 6.07) is 24.2. The summed E-state index contributed by atoms with van der Waals surface area (Å²) in [5, 5.41) is 0. The standard InChI is InChI=1S/C56H98/c1-11-19-22-25-28-37-46-54(17-7,50(40-14-4)41-15-5)55(18-8,47-38-29-26-23-20-12-2)53(9,10)56(51-44-35-32-36-45-51,48-39-30-27-24-21-13-3)52(16-6)49-42-33-31-34-43-49/h31-36,42-45,50,52H,11-30,37-41,46-48H2,1-10H3. The van der Waals surface area contributed by atoms with Crippen molar-refractivity contribution in [2.45, 2.75) is 260 Å². The second-order valence-electron chi connectivity index (χ2n) is 19.1. The van der Waals surface area contributed by atoms with Crippen LogP contribution in [0, 0.1) is 22.2 Å². The third-order valence-electron chi connectivity index (χ3n) is 15.9. The van der Waals surface area contributed by atoms with E-state index in [4.69, 9.17) is 0 Å². The number of hydrogen-bond donors (Lipinski definition) is 0. The van der Waals surface area contributed by atoms with Crippen molar-refractivity contribution >= 4 is 0 Å². The molecule has 0 spiro atoms. The summed E-state index contributed by atoms with van der Waals surface area (Å²) in [4.78, 5) is 0. The minimum Gasteiger partial charge on any atom is -0.0654 e. The Balaban J connectivity index is 3.09. The molecule has 2 rings (SSSR count). The minimum absolute atomic E-state index is 0.0118. The van der Waals surface area contributed by atoms with Crippen LogP contribution in [0.25, 0.3) is 0 Å². The largest absolute Gasteiger partial charge is 0.0654 e. The van der Waals surface area contributed by atoms with Crippen molar-refractivity contribution in [2.75, 3.05) is 0 Å². The molecule has 0 fully saturated rings. The first-order valence-electron chi connectivity index (χ1n) is 25.3. The Bertz CT molecular complexity index is 1190. The normalized spacial score (nSPS) is 16.1. The van der Waals surface area contributed by atoms with Crippen molar-refractivity contribution in [2.24, 2.45) is 22.2 Å². The van der Waals surface area contributed by atoms with Crippen molar-refractivity contribution in [1.29, 1.82) is 0 Å². The lowest BCUT2D eigenvalue weighted by molar-refractivity contribution is -0.170. The SMILES string of the molecule is CCCCCCCCC(CC)(C(CCC)CCC)C(CC)(CCCCCCCC)C(C)(C)C(CCCCCCCC)(c1ccccc1)C(CC)c1ccccc1. The van der Waals surface area contributed by atoms with Crippen LogP contribution in [0.2, 0.25) is 0 Å². The van der Waals surface area contributed by atoms with Crippen LogP contribution in [0.3, 0.4) is 0 Å². The molecular formula is C56H98. The highest BCUT2D eigenvalue weighted by molar-refractivity contribution is 5.38. The Morgan fingerprint density at radius 2 is 0.857 bits per heavy atom. The second-order valence-corrected chi connectivity index (χ2v) is 19.1. The Labute approximate surface area is 353 Å². The van der Waals surface area contributed by atoms with E-state index >= 15 is 0 Å². The molecule has 2 aromatic rings. The lowest BCUT2D eigenvalue weighted by Gasteiger charge is -2.69. The number of hydrogen-bond acceptors (Lipinski definition) is 0. The highest BCUT2D eigenvalue weighted by Gasteiger charge is 2.66. The molecule has 2 aromatic carbocycles. The van der Waals surface area contributed by atoms with Crippen molar-refractivity contribution < 1.29 is 0 Å². The van der Waals surface area contributed by atoms with E-state index in [1.165, 1.54) is 180 Å². The molecule has 0 aliphatic heterocycles. The maximum Gasteiger partial charge on any atom is 0.00780 e. The molecule has 0 saturated carbocycles. The Morgan fingerprint density at radius 1 is 0.429 bits per heavy atom. The van der Waals surface area contributed by atoms with Gasteiger partial charge in [0.05, 0.1) is 0 Å². The smallest absolute Gasteiger partial charge is 0.00780 e. The van der Waals surface area contributed by atoms with Crippen molar-refractivity contribution in [3.63, 3.8) is 0 Å². The molecule has 0 aliphatic rings. The van der Waals surface area contributed by atoms with Gasteiger partial charge in [0.2, 0.25) is 0 Å². The van der Waals surface area contributed by atoms with Gasteiger partial charge in [0, 0.05) is 5.41 Å². The molecule has 0 amide bonds.